The molecule has 0 radical (unpaired) electrons. The van der Waals surface area contributed by atoms with Crippen LogP contribution in [0, 0.1) is 17.3 Å². The first-order chi connectivity index (χ1) is 12.6. The zero-order valence-corrected chi connectivity index (χ0v) is 17.5. The summed E-state index contributed by atoms with van der Waals surface area (Å²) in [6, 6.07) is 0. The third kappa shape index (κ3) is 1.76. The van der Waals surface area contributed by atoms with Crippen LogP contribution in [0.4, 0.5) is 0 Å². The fraction of sp³-hybridized carbons (Fsp3) is 0.850. The minimum Gasteiger partial charge on any atom is -0.458 e. The van der Waals surface area contributed by atoms with Gasteiger partial charge in [-0.25, -0.2) is 4.79 Å². The van der Waals surface area contributed by atoms with Gasteiger partial charge in [0.15, 0.2) is 0 Å². The minimum atomic E-state index is -1.52. The average Bonchev–Trinajstić information content (AvgIpc) is 3.29. The molecule has 5 aliphatic rings. The van der Waals surface area contributed by atoms with Gasteiger partial charge in [0.25, 0.3) is 0 Å². The Bertz CT molecular complexity index is 766. The van der Waals surface area contributed by atoms with E-state index in [0.717, 1.165) is 11.1 Å². The van der Waals surface area contributed by atoms with E-state index < -0.39 is 33.1 Å². The number of aliphatic hydroxyl groups excluding tert-OH is 1. The zero-order valence-electron chi connectivity index (χ0n) is 15.9. The van der Waals surface area contributed by atoms with Gasteiger partial charge in [-0.15, -0.1) is 0 Å². The number of carbonyl (C=O) groups is 1. The summed E-state index contributed by atoms with van der Waals surface area (Å²) >= 11 is 3.61. The molecule has 3 aliphatic carbocycles. The number of hydrogen-bond donors (Lipinski definition) is 3. The first-order valence-corrected chi connectivity index (χ1v) is 10.8. The first-order valence-electron chi connectivity index (χ1n) is 9.89. The molecule has 0 aromatic carbocycles. The van der Waals surface area contributed by atoms with E-state index in [1.807, 2.05) is 13.8 Å². The predicted octanol–water partition coefficient (Wildman–Crippen LogP) is 1.44. The van der Waals surface area contributed by atoms with E-state index in [0.29, 0.717) is 32.3 Å². The minimum absolute atomic E-state index is 0.0788. The maximum atomic E-state index is 12.0. The molecule has 8 atom stereocenters. The molecule has 0 aromatic rings. The quantitative estimate of drug-likeness (QED) is 0.322. The SMILES string of the molecule is CC(C)[C@]1(O)[C@H](Br)[C@H]2O[C@@]23[C@@]2(C)CCC4=C(COC4=O)[C@@H]2CC[C@@]3(O)[C@@H]1O. The number of fused-ring (bicyclic) bond motifs is 2. The first kappa shape index (κ1) is 18.6. The molecule has 0 bridgehead atoms. The lowest BCUT2D eigenvalue weighted by atomic mass is 9.44. The van der Waals surface area contributed by atoms with E-state index in [9.17, 15) is 20.1 Å². The molecule has 1 saturated heterocycles. The zero-order chi connectivity index (χ0) is 19.6. The van der Waals surface area contributed by atoms with E-state index in [2.05, 4.69) is 22.9 Å². The summed E-state index contributed by atoms with van der Waals surface area (Å²) in [6.45, 7) is 6.13. The highest BCUT2D eigenvalue weighted by molar-refractivity contribution is 9.09. The molecule has 1 spiro atoms. The van der Waals surface area contributed by atoms with Gasteiger partial charge in [-0.1, -0.05) is 36.7 Å². The van der Waals surface area contributed by atoms with Crippen LogP contribution >= 0.6 is 15.9 Å². The highest BCUT2D eigenvalue weighted by atomic mass is 79.9. The summed E-state index contributed by atoms with van der Waals surface area (Å²) in [5, 5.41) is 34.4. The molecule has 2 aliphatic heterocycles. The smallest absolute Gasteiger partial charge is 0.334 e. The van der Waals surface area contributed by atoms with Crippen LogP contribution in [0.15, 0.2) is 11.1 Å². The Kier molecular flexibility index (Phi) is 3.55. The Labute approximate surface area is 167 Å². The van der Waals surface area contributed by atoms with E-state index in [4.69, 9.17) is 9.47 Å². The molecule has 0 amide bonds. The van der Waals surface area contributed by atoms with Crippen molar-refractivity contribution in [2.75, 3.05) is 6.61 Å². The van der Waals surface area contributed by atoms with Gasteiger partial charge in [0.2, 0.25) is 0 Å². The van der Waals surface area contributed by atoms with Gasteiger partial charge in [-0.05, 0) is 43.1 Å². The Hall–Kier alpha value is -0.470. The van der Waals surface area contributed by atoms with Crippen molar-refractivity contribution in [1.82, 2.24) is 0 Å². The van der Waals surface area contributed by atoms with Crippen molar-refractivity contribution in [1.29, 1.82) is 0 Å². The maximum absolute atomic E-state index is 12.0. The summed E-state index contributed by atoms with van der Waals surface area (Å²) in [4.78, 5) is 11.6. The van der Waals surface area contributed by atoms with E-state index >= 15 is 0 Å². The number of hydrogen-bond acceptors (Lipinski definition) is 6. The van der Waals surface area contributed by atoms with Crippen molar-refractivity contribution in [3.63, 3.8) is 0 Å². The molecule has 7 heteroatoms. The van der Waals surface area contributed by atoms with Gasteiger partial charge < -0.3 is 24.8 Å². The summed E-state index contributed by atoms with van der Waals surface area (Å²) in [6.07, 6.45) is 0.557. The Morgan fingerprint density at radius 1 is 1.26 bits per heavy atom. The maximum Gasteiger partial charge on any atom is 0.334 e. The predicted molar refractivity (Wildman–Crippen MR) is 99.1 cm³/mol. The number of esters is 1. The van der Waals surface area contributed by atoms with Crippen molar-refractivity contribution >= 4 is 21.9 Å². The Morgan fingerprint density at radius 2 is 1.96 bits per heavy atom. The molecule has 2 heterocycles. The van der Waals surface area contributed by atoms with Crippen molar-refractivity contribution in [2.45, 2.75) is 80.3 Å². The lowest BCUT2D eigenvalue weighted by Crippen LogP contribution is -2.78. The van der Waals surface area contributed by atoms with Gasteiger partial charge in [0, 0.05) is 11.0 Å². The monoisotopic (exact) mass is 442 g/mol. The number of ether oxygens (including phenoxy) is 2. The number of carbonyl (C=O) groups excluding carboxylic acids is 1. The van der Waals surface area contributed by atoms with Gasteiger partial charge in [0.05, 0.1) is 4.83 Å². The van der Waals surface area contributed by atoms with Gasteiger partial charge >= 0.3 is 5.97 Å². The molecule has 27 heavy (non-hydrogen) atoms. The molecule has 0 aromatic heterocycles. The Balaban J connectivity index is 1.63. The third-order valence-corrected chi connectivity index (χ3v) is 9.78. The number of aliphatic hydroxyl groups is 3. The van der Waals surface area contributed by atoms with Crippen molar-refractivity contribution in [3.05, 3.63) is 11.1 Å². The summed E-state index contributed by atoms with van der Waals surface area (Å²) < 4.78 is 11.6. The highest BCUT2D eigenvalue weighted by Gasteiger charge is 2.88. The van der Waals surface area contributed by atoms with E-state index in [-0.39, 0.29) is 23.9 Å². The standard InChI is InChI=1S/C20H27BrO6/c1-9(2)19(25)13(21)14-20(27-14)17(3)6-4-10-11(8-26-15(10)22)12(17)5-7-18(20,24)16(19)23/h9,12-14,16,23-25H,4-8H2,1-3H3/t12-,13+,14+,16-,17-,18+,19-,20+/m0/s1. The number of alkyl halides is 1. The fourth-order valence-corrected chi connectivity index (χ4v) is 8.20. The third-order valence-electron chi connectivity index (χ3n) is 8.56. The van der Waals surface area contributed by atoms with Crippen LogP contribution in [-0.2, 0) is 14.3 Å². The second-order valence-corrected chi connectivity index (χ2v) is 10.6. The molecular formula is C20H27BrO6. The lowest BCUT2D eigenvalue weighted by Gasteiger charge is -2.62. The molecule has 2 saturated carbocycles. The van der Waals surface area contributed by atoms with Crippen LogP contribution in [0.2, 0.25) is 0 Å². The van der Waals surface area contributed by atoms with Crippen LogP contribution in [0.3, 0.4) is 0 Å². The second-order valence-electron chi connectivity index (χ2n) is 9.63. The summed E-state index contributed by atoms with van der Waals surface area (Å²) in [7, 11) is 0. The highest BCUT2D eigenvalue weighted by Crippen LogP contribution is 2.74. The summed E-state index contributed by atoms with van der Waals surface area (Å²) in [5.41, 5.74) is -2.52. The molecule has 3 fully saturated rings. The Morgan fingerprint density at radius 3 is 2.63 bits per heavy atom. The van der Waals surface area contributed by atoms with Crippen molar-refractivity contribution in [3.8, 4) is 0 Å². The van der Waals surface area contributed by atoms with E-state index in [1.54, 1.807) is 0 Å². The number of rotatable bonds is 1. The van der Waals surface area contributed by atoms with Gasteiger partial charge in [0.1, 0.15) is 35.6 Å². The molecule has 5 rings (SSSR count). The van der Waals surface area contributed by atoms with Crippen LogP contribution in [-0.4, -0.2) is 61.7 Å². The molecular weight excluding hydrogens is 416 g/mol. The van der Waals surface area contributed by atoms with Gasteiger partial charge in [-0.3, -0.25) is 0 Å². The molecule has 150 valence electrons. The lowest BCUT2D eigenvalue weighted by molar-refractivity contribution is -0.258. The normalized spacial score (nSPS) is 56.2. The van der Waals surface area contributed by atoms with Crippen LogP contribution in [0.1, 0.15) is 46.5 Å². The second kappa shape index (κ2) is 5.17. The van der Waals surface area contributed by atoms with E-state index in [1.165, 1.54) is 0 Å². The number of epoxide rings is 1. The molecule has 6 nitrogen and oxygen atoms in total. The fourth-order valence-electron chi connectivity index (χ4n) is 6.94. The molecule has 3 N–H and O–H groups in total. The topological polar surface area (TPSA) is 99.5 Å². The van der Waals surface area contributed by atoms with Crippen molar-refractivity contribution in [2.24, 2.45) is 17.3 Å². The van der Waals surface area contributed by atoms with Gasteiger partial charge in [-0.2, -0.15) is 0 Å². The van der Waals surface area contributed by atoms with Crippen LogP contribution in [0.5, 0.6) is 0 Å². The molecule has 0 unspecified atom stereocenters. The number of cyclic esters (lactones) is 1. The largest absolute Gasteiger partial charge is 0.458 e. The summed E-state index contributed by atoms with van der Waals surface area (Å²) in [5.74, 6) is -0.389. The van der Waals surface area contributed by atoms with Crippen LogP contribution < -0.4 is 0 Å². The average molecular weight is 443 g/mol. The van der Waals surface area contributed by atoms with Crippen molar-refractivity contribution < 1.29 is 29.6 Å². The van der Waals surface area contributed by atoms with Crippen LogP contribution in [0.25, 0.3) is 0 Å². The number of halogens is 1.